The van der Waals surface area contributed by atoms with Crippen LogP contribution in [0.15, 0.2) is 35.2 Å². The number of nitrogens with zero attached hydrogens (tertiary/aromatic N) is 2. The Morgan fingerprint density at radius 3 is 2.60 bits per heavy atom. The fraction of sp³-hybridized carbons (Fsp3) is 0.167. The zero-order valence-electron chi connectivity index (χ0n) is 10.5. The van der Waals surface area contributed by atoms with Crippen LogP contribution in [0.3, 0.4) is 0 Å². The van der Waals surface area contributed by atoms with Crippen molar-refractivity contribution in [3.63, 3.8) is 0 Å². The number of anilines is 1. The predicted molar refractivity (Wildman–Crippen MR) is 69.3 cm³/mol. The fourth-order valence-electron chi connectivity index (χ4n) is 1.41. The molecule has 0 saturated carbocycles. The number of aromatic nitrogens is 2. The second kappa shape index (κ2) is 6.32. The molecule has 2 aromatic rings. The van der Waals surface area contributed by atoms with Gasteiger partial charge in [-0.05, 0) is 24.3 Å². The lowest BCUT2D eigenvalue weighted by molar-refractivity contribution is -0.120. The number of amides is 2. The van der Waals surface area contributed by atoms with Crippen LogP contribution >= 0.6 is 0 Å². The van der Waals surface area contributed by atoms with Crippen LogP contribution in [-0.4, -0.2) is 28.5 Å². The van der Waals surface area contributed by atoms with Gasteiger partial charge >= 0.3 is 0 Å². The van der Waals surface area contributed by atoms with Gasteiger partial charge in [0.2, 0.25) is 12.3 Å². The van der Waals surface area contributed by atoms with E-state index in [1.54, 1.807) is 24.3 Å². The first-order valence-corrected chi connectivity index (χ1v) is 5.81. The molecule has 0 aliphatic heterocycles. The highest BCUT2D eigenvalue weighted by molar-refractivity contribution is 5.96. The lowest BCUT2D eigenvalue weighted by Gasteiger charge is -2.05. The molecule has 0 bridgehead atoms. The van der Waals surface area contributed by atoms with E-state index in [-0.39, 0.29) is 24.9 Å². The molecule has 20 heavy (non-hydrogen) atoms. The average molecular weight is 275 g/mol. The number of carbonyl (C=O) groups excluding carboxylic acids is 2. The molecule has 104 valence electrons. The number of nitrogens with two attached hydrogens (primary N) is 1. The number of hydrogen-bond acceptors (Lipinski definition) is 6. The van der Waals surface area contributed by atoms with Crippen LogP contribution in [0.5, 0.6) is 0 Å². The third-order valence-electron chi connectivity index (χ3n) is 2.43. The average Bonchev–Trinajstić information content (AvgIpc) is 2.96. The Bertz CT molecular complexity index is 580. The van der Waals surface area contributed by atoms with E-state index in [1.165, 1.54) is 6.39 Å². The van der Waals surface area contributed by atoms with Crippen molar-refractivity contribution in [2.75, 3.05) is 12.3 Å². The van der Waals surface area contributed by atoms with Gasteiger partial charge in [-0.3, -0.25) is 9.59 Å². The van der Waals surface area contributed by atoms with E-state index in [1.807, 2.05) is 0 Å². The summed E-state index contributed by atoms with van der Waals surface area (Å²) in [7, 11) is 0. The molecule has 0 aliphatic rings. The Hall–Kier alpha value is -2.90. The third-order valence-corrected chi connectivity index (χ3v) is 2.43. The lowest BCUT2D eigenvalue weighted by Crippen LogP contribution is -2.36. The Kier molecular flexibility index (Phi) is 4.28. The molecular formula is C12H13N5O3. The summed E-state index contributed by atoms with van der Waals surface area (Å²) in [6, 6.07) is 6.40. The van der Waals surface area contributed by atoms with Gasteiger partial charge in [0.25, 0.3) is 5.91 Å². The summed E-state index contributed by atoms with van der Waals surface area (Å²) < 4.78 is 4.52. The molecule has 0 radical (unpaired) electrons. The first-order valence-electron chi connectivity index (χ1n) is 5.81. The largest absolute Gasteiger partial charge is 0.399 e. The molecule has 0 saturated heterocycles. The van der Waals surface area contributed by atoms with Crippen molar-refractivity contribution >= 4 is 17.5 Å². The quantitative estimate of drug-likeness (QED) is 0.644. The fourth-order valence-corrected chi connectivity index (χ4v) is 1.41. The molecular weight excluding hydrogens is 262 g/mol. The minimum Gasteiger partial charge on any atom is -0.399 e. The van der Waals surface area contributed by atoms with E-state index in [2.05, 4.69) is 25.3 Å². The van der Waals surface area contributed by atoms with Crippen LogP contribution in [0, 0.1) is 0 Å². The SMILES string of the molecule is Nc1ccc(C(=O)NCC(=O)NCc2ncon2)cc1. The number of benzene rings is 1. The van der Waals surface area contributed by atoms with Crippen LogP contribution in [-0.2, 0) is 11.3 Å². The summed E-state index contributed by atoms with van der Waals surface area (Å²) in [5.74, 6) is -0.332. The van der Waals surface area contributed by atoms with Crippen LogP contribution < -0.4 is 16.4 Å². The van der Waals surface area contributed by atoms with Crippen molar-refractivity contribution in [3.8, 4) is 0 Å². The highest BCUT2D eigenvalue weighted by Gasteiger charge is 2.08. The maximum Gasteiger partial charge on any atom is 0.251 e. The van der Waals surface area contributed by atoms with E-state index >= 15 is 0 Å². The molecule has 4 N–H and O–H groups in total. The molecule has 2 rings (SSSR count). The molecule has 1 aromatic heterocycles. The zero-order valence-corrected chi connectivity index (χ0v) is 10.5. The number of hydrogen-bond donors (Lipinski definition) is 3. The minimum atomic E-state index is -0.349. The smallest absolute Gasteiger partial charge is 0.251 e. The van der Waals surface area contributed by atoms with Gasteiger partial charge in [-0.15, -0.1) is 0 Å². The first-order chi connectivity index (χ1) is 9.65. The Labute approximate surface area is 114 Å². The third kappa shape index (κ3) is 3.80. The van der Waals surface area contributed by atoms with Crippen LogP contribution in [0.2, 0.25) is 0 Å². The summed E-state index contributed by atoms with van der Waals surface area (Å²) in [5.41, 5.74) is 6.52. The second-order valence-corrected chi connectivity index (χ2v) is 3.93. The molecule has 0 atom stereocenters. The van der Waals surface area contributed by atoms with Crippen molar-refractivity contribution in [1.82, 2.24) is 20.8 Å². The lowest BCUT2D eigenvalue weighted by atomic mass is 10.2. The van der Waals surface area contributed by atoms with Gasteiger partial charge in [0.1, 0.15) is 0 Å². The number of carbonyl (C=O) groups is 2. The molecule has 8 nitrogen and oxygen atoms in total. The van der Waals surface area contributed by atoms with Crippen molar-refractivity contribution in [3.05, 3.63) is 42.0 Å². The minimum absolute atomic E-state index is 0.138. The summed E-state index contributed by atoms with van der Waals surface area (Å²) >= 11 is 0. The molecule has 2 amide bonds. The van der Waals surface area contributed by atoms with Gasteiger partial charge in [0, 0.05) is 11.3 Å². The van der Waals surface area contributed by atoms with Crippen LogP contribution in [0.1, 0.15) is 16.2 Å². The molecule has 8 heteroatoms. The Morgan fingerprint density at radius 2 is 1.95 bits per heavy atom. The molecule has 0 spiro atoms. The van der Waals surface area contributed by atoms with Gasteiger partial charge in [0.05, 0.1) is 13.1 Å². The highest BCUT2D eigenvalue weighted by atomic mass is 16.5. The van der Waals surface area contributed by atoms with Gasteiger partial charge < -0.3 is 20.9 Å². The summed E-state index contributed by atoms with van der Waals surface area (Å²) in [6.07, 6.45) is 1.17. The van der Waals surface area contributed by atoms with Crippen molar-refractivity contribution in [2.45, 2.75) is 6.54 Å². The monoisotopic (exact) mass is 275 g/mol. The number of rotatable bonds is 5. The van der Waals surface area contributed by atoms with E-state index in [9.17, 15) is 9.59 Å². The van der Waals surface area contributed by atoms with Gasteiger partial charge in [0.15, 0.2) is 5.82 Å². The van der Waals surface area contributed by atoms with E-state index in [0.717, 1.165) is 0 Å². The molecule has 1 heterocycles. The van der Waals surface area contributed by atoms with Crippen LogP contribution in [0.25, 0.3) is 0 Å². The molecule has 0 unspecified atom stereocenters. The van der Waals surface area contributed by atoms with E-state index in [4.69, 9.17) is 5.73 Å². The van der Waals surface area contributed by atoms with E-state index < -0.39 is 0 Å². The van der Waals surface area contributed by atoms with Gasteiger partial charge in [-0.25, -0.2) is 0 Å². The summed E-state index contributed by atoms with van der Waals surface area (Å²) in [5, 5.41) is 8.57. The second-order valence-electron chi connectivity index (χ2n) is 3.93. The van der Waals surface area contributed by atoms with Crippen LogP contribution in [0.4, 0.5) is 5.69 Å². The first kappa shape index (κ1) is 13.5. The summed E-state index contributed by atoms with van der Waals surface area (Å²) in [6.45, 7) is 0.00807. The Balaban J connectivity index is 1.75. The molecule has 0 aliphatic carbocycles. The zero-order chi connectivity index (χ0) is 14.4. The predicted octanol–water partition coefficient (Wildman–Crippen LogP) is -0.302. The summed E-state index contributed by atoms with van der Waals surface area (Å²) in [4.78, 5) is 27.0. The Morgan fingerprint density at radius 1 is 1.20 bits per heavy atom. The van der Waals surface area contributed by atoms with E-state index in [0.29, 0.717) is 17.1 Å². The maximum absolute atomic E-state index is 11.7. The number of nitrogen functional groups attached to an aromatic ring is 1. The van der Waals surface area contributed by atoms with Gasteiger partial charge in [-0.2, -0.15) is 4.98 Å². The van der Waals surface area contributed by atoms with Crippen molar-refractivity contribution < 1.29 is 14.1 Å². The maximum atomic E-state index is 11.7. The highest BCUT2D eigenvalue weighted by Crippen LogP contribution is 2.04. The molecule has 1 aromatic carbocycles. The topological polar surface area (TPSA) is 123 Å². The standard InChI is InChI=1S/C12H13N5O3/c13-9-3-1-8(2-4-9)12(19)15-6-11(18)14-5-10-16-7-20-17-10/h1-4,7H,5-6,13H2,(H,14,18)(H,15,19). The molecule has 0 fully saturated rings. The normalized spacial score (nSPS) is 10.0. The number of nitrogens with one attached hydrogen (secondary N) is 2. The van der Waals surface area contributed by atoms with Crippen molar-refractivity contribution in [2.24, 2.45) is 0 Å². The van der Waals surface area contributed by atoms with Crippen molar-refractivity contribution in [1.29, 1.82) is 0 Å². The van der Waals surface area contributed by atoms with Gasteiger partial charge in [-0.1, -0.05) is 5.16 Å².